The molecule has 1 aliphatic carbocycles. The normalized spacial score (nSPS) is 15.7. The Morgan fingerprint density at radius 2 is 2.00 bits per heavy atom. The fraction of sp³-hybridized carbons (Fsp3) is 0.167. The Morgan fingerprint density at radius 3 is 2.40 bits per heavy atom. The molecule has 0 amide bonds. The third-order valence-electron chi connectivity index (χ3n) is 1.73. The number of rotatable bonds is 2. The zero-order valence-electron chi connectivity index (χ0n) is 7.15. The zero-order chi connectivity index (χ0) is 11.6. The van der Waals surface area contributed by atoms with Crippen molar-refractivity contribution < 1.29 is 19.7 Å². The average Bonchev–Trinajstić information content (AvgIpc) is 2.15. The minimum Gasteiger partial charge on any atom is -0.497 e. The van der Waals surface area contributed by atoms with Crippen LogP contribution in [0, 0.1) is 20.2 Å². The summed E-state index contributed by atoms with van der Waals surface area (Å²) in [6, 6.07) is 0. The molecule has 0 unspecified atom stereocenters. The van der Waals surface area contributed by atoms with Gasteiger partial charge in [-0.2, -0.15) is 4.79 Å². The summed E-state index contributed by atoms with van der Waals surface area (Å²) in [5, 5.41) is 30.0. The van der Waals surface area contributed by atoms with E-state index >= 15 is 0 Å². The molecule has 0 spiro atoms. The lowest BCUT2D eigenvalue weighted by Crippen LogP contribution is -2.21. The van der Waals surface area contributed by atoms with Crippen molar-refractivity contribution in [3.8, 4) is 0 Å². The molecule has 9 nitrogen and oxygen atoms in total. The first-order valence-corrected chi connectivity index (χ1v) is 3.63. The number of aliphatic hydroxyl groups excluding tert-OH is 1. The lowest BCUT2D eigenvalue weighted by Gasteiger charge is -2.01. The maximum atomic E-state index is 10.4. The molecule has 0 aliphatic heterocycles. The van der Waals surface area contributed by atoms with Gasteiger partial charge in [-0.15, -0.1) is 0 Å². The summed E-state index contributed by atoms with van der Waals surface area (Å²) < 4.78 is 0. The quantitative estimate of drug-likeness (QED) is 0.302. The molecule has 78 valence electrons. The Hall–Kier alpha value is -2.54. The lowest BCUT2D eigenvalue weighted by molar-refractivity contribution is -0.438. The van der Waals surface area contributed by atoms with Crippen LogP contribution in [-0.2, 0) is 0 Å². The van der Waals surface area contributed by atoms with Crippen LogP contribution in [0.25, 0.3) is 5.53 Å². The third-order valence-corrected chi connectivity index (χ3v) is 1.73. The minimum absolute atomic E-state index is 0.285. The molecule has 15 heavy (non-hydrogen) atoms. The van der Waals surface area contributed by atoms with Crippen LogP contribution >= 0.6 is 0 Å². The SMILES string of the molecule is [N-]=[N+]=C1CC=C([N+](=O)[O-])C(O)=C1[N+](=O)[O-]. The van der Waals surface area contributed by atoms with Crippen molar-refractivity contribution in [3.63, 3.8) is 0 Å². The van der Waals surface area contributed by atoms with Crippen LogP contribution in [0.1, 0.15) is 6.42 Å². The van der Waals surface area contributed by atoms with E-state index in [1.165, 1.54) is 0 Å². The smallest absolute Gasteiger partial charge is 0.401 e. The molecule has 0 aromatic carbocycles. The van der Waals surface area contributed by atoms with E-state index in [1.54, 1.807) is 0 Å². The highest BCUT2D eigenvalue weighted by Crippen LogP contribution is 2.21. The third kappa shape index (κ3) is 1.71. The molecule has 1 N–H and O–H groups in total. The van der Waals surface area contributed by atoms with E-state index < -0.39 is 32.7 Å². The van der Waals surface area contributed by atoms with Gasteiger partial charge in [0, 0.05) is 6.08 Å². The number of hydrogen-bond acceptors (Lipinski definition) is 5. The summed E-state index contributed by atoms with van der Waals surface area (Å²) in [6.07, 6.45) is 0.643. The Balaban J connectivity index is 3.39. The van der Waals surface area contributed by atoms with Crippen LogP contribution in [0.3, 0.4) is 0 Å². The summed E-state index contributed by atoms with van der Waals surface area (Å²) in [5.41, 5.74) is 6.24. The molecule has 0 saturated heterocycles. The van der Waals surface area contributed by atoms with Gasteiger partial charge in [0.1, 0.15) is 0 Å². The Labute approximate surface area is 81.9 Å². The van der Waals surface area contributed by atoms with E-state index in [0.29, 0.717) is 0 Å². The van der Waals surface area contributed by atoms with E-state index in [2.05, 4.69) is 4.79 Å². The molecule has 1 aliphatic rings. The molecule has 0 atom stereocenters. The first-order chi connectivity index (χ1) is 6.99. The molecule has 9 heteroatoms. The van der Waals surface area contributed by atoms with Gasteiger partial charge in [-0.05, 0) is 0 Å². The number of nitrogens with zero attached hydrogens (tertiary/aromatic N) is 4. The second-order valence-corrected chi connectivity index (χ2v) is 2.55. The molecular formula is C6H4N4O5. The maximum absolute atomic E-state index is 10.4. The molecule has 0 bridgehead atoms. The highest BCUT2D eigenvalue weighted by atomic mass is 16.6. The van der Waals surface area contributed by atoms with Crippen molar-refractivity contribution in [2.24, 2.45) is 0 Å². The zero-order valence-corrected chi connectivity index (χ0v) is 7.15. The van der Waals surface area contributed by atoms with Crippen molar-refractivity contribution in [1.29, 1.82) is 0 Å². The second kappa shape index (κ2) is 3.68. The molecular weight excluding hydrogens is 208 g/mol. The molecule has 0 aromatic rings. The van der Waals surface area contributed by atoms with Crippen molar-refractivity contribution in [1.82, 2.24) is 0 Å². The standard InChI is InChI=1S/C6H4N4O5/c7-8-3-1-2-4(9(12)13)6(11)5(3)10(14)15/h2,11H,1H2. The highest BCUT2D eigenvalue weighted by Gasteiger charge is 2.41. The molecule has 0 fully saturated rings. The second-order valence-electron chi connectivity index (χ2n) is 2.55. The molecule has 0 radical (unpaired) electrons. The van der Waals surface area contributed by atoms with Crippen LogP contribution in [0.2, 0.25) is 0 Å². The Morgan fingerprint density at radius 1 is 1.40 bits per heavy atom. The van der Waals surface area contributed by atoms with Crippen molar-refractivity contribution in [2.45, 2.75) is 6.42 Å². The maximum Gasteiger partial charge on any atom is 0.401 e. The Kier molecular flexibility index (Phi) is 2.59. The predicted octanol–water partition coefficient (Wildman–Crippen LogP) is 0.268. The number of nitro groups is 2. The number of allylic oxidation sites excluding steroid dienone is 2. The first-order valence-electron chi connectivity index (χ1n) is 3.63. The van der Waals surface area contributed by atoms with Crippen LogP contribution in [0.4, 0.5) is 0 Å². The topological polar surface area (TPSA) is 143 Å². The van der Waals surface area contributed by atoms with Gasteiger partial charge in [0.25, 0.3) is 5.76 Å². The van der Waals surface area contributed by atoms with Gasteiger partial charge < -0.3 is 10.6 Å². The first kappa shape index (κ1) is 10.5. The van der Waals surface area contributed by atoms with Crippen LogP contribution in [0.5, 0.6) is 0 Å². The van der Waals surface area contributed by atoms with Crippen molar-refractivity contribution in [2.75, 3.05) is 0 Å². The van der Waals surface area contributed by atoms with Crippen molar-refractivity contribution in [3.05, 3.63) is 49.0 Å². The largest absolute Gasteiger partial charge is 0.497 e. The van der Waals surface area contributed by atoms with E-state index in [9.17, 15) is 25.3 Å². The van der Waals surface area contributed by atoms with Gasteiger partial charge >= 0.3 is 17.1 Å². The summed E-state index contributed by atoms with van der Waals surface area (Å²) in [7, 11) is 0. The summed E-state index contributed by atoms with van der Waals surface area (Å²) in [6.45, 7) is 0. The van der Waals surface area contributed by atoms with E-state index in [0.717, 1.165) is 6.08 Å². The predicted molar refractivity (Wildman–Crippen MR) is 45.0 cm³/mol. The summed E-state index contributed by atoms with van der Waals surface area (Å²) in [5.74, 6) is -1.11. The lowest BCUT2D eigenvalue weighted by atomic mass is 10.1. The number of hydrogen-bond donors (Lipinski definition) is 1. The fourth-order valence-corrected chi connectivity index (χ4v) is 1.09. The van der Waals surface area contributed by atoms with Crippen LogP contribution < -0.4 is 0 Å². The van der Waals surface area contributed by atoms with Gasteiger partial charge in [0.2, 0.25) is 0 Å². The molecule has 0 aromatic heterocycles. The van der Waals surface area contributed by atoms with Crippen LogP contribution in [-0.4, -0.2) is 25.5 Å². The van der Waals surface area contributed by atoms with Gasteiger partial charge in [0.05, 0.1) is 16.3 Å². The van der Waals surface area contributed by atoms with Gasteiger partial charge in [-0.3, -0.25) is 20.2 Å². The average molecular weight is 212 g/mol. The molecule has 1 rings (SSSR count). The van der Waals surface area contributed by atoms with E-state index in [-0.39, 0.29) is 6.42 Å². The van der Waals surface area contributed by atoms with Crippen LogP contribution in [0.15, 0.2) is 23.2 Å². The van der Waals surface area contributed by atoms with Gasteiger partial charge in [0.15, 0.2) is 0 Å². The van der Waals surface area contributed by atoms with Crippen molar-refractivity contribution >= 4 is 5.71 Å². The fourth-order valence-electron chi connectivity index (χ4n) is 1.09. The minimum atomic E-state index is -1.11. The van der Waals surface area contributed by atoms with E-state index in [4.69, 9.17) is 5.53 Å². The molecule has 0 heterocycles. The molecule has 0 saturated carbocycles. The summed E-state index contributed by atoms with van der Waals surface area (Å²) in [4.78, 5) is 21.4. The van der Waals surface area contributed by atoms with Gasteiger partial charge in [-0.25, -0.2) is 0 Å². The van der Waals surface area contributed by atoms with E-state index in [1.807, 2.05) is 0 Å². The monoisotopic (exact) mass is 212 g/mol. The summed E-state index contributed by atoms with van der Waals surface area (Å²) >= 11 is 0. The highest BCUT2D eigenvalue weighted by molar-refractivity contribution is 5.96. The number of aliphatic hydroxyl groups is 1. The Bertz CT molecular complexity index is 456. The van der Waals surface area contributed by atoms with Gasteiger partial charge in [-0.1, -0.05) is 0 Å².